The number of aliphatic carboxylic acids is 4. The van der Waals surface area contributed by atoms with Gasteiger partial charge in [-0.05, 0) is 70.1 Å². The van der Waals surface area contributed by atoms with Gasteiger partial charge in [0, 0.05) is 32.2 Å². The van der Waals surface area contributed by atoms with Crippen LogP contribution in [0.3, 0.4) is 0 Å². The maximum atomic E-state index is 14.2. The zero-order valence-corrected chi connectivity index (χ0v) is 52.3. The number of aliphatic hydroxyl groups excluding tert-OH is 2. The molecule has 1 rings (SSSR count). The maximum Gasteiger partial charge on any atom is 0.490 e. The van der Waals surface area contributed by atoms with E-state index in [2.05, 4.69) is 52.8 Å². The fourth-order valence-corrected chi connectivity index (χ4v) is 8.26. The molecule has 11 atom stereocenters. The Hall–Kier alpha value is -10.0. The van der Waals surface area contributed by atoms with Gasteiger partial charge >= 0.3 is 30.1 Å². The Labute approximate surface area is 539 Å². The van der Waals surface area contributed by atoms with Gasteiger partial charge in [0.25, 0.3) is 0 Å². The predicted molar refractivity (Wildman–Crippen MR) is 316 cm³/mol. The SMILES string of the molecule is CC(C)C[C@H](NC(=O)[C@H](C)NC(=O)[C@H](CCCN=C(N)N)NC(=O)[C@H](CCC(=O)O)NC(=O)[C@H](CC(C)C)NC(=O)[C@H](CCC(N)=O)NC(=O)[C@H](CCC(=O)O)NC(=O)[C@@H]1CCC(=O)N1)C(=O)N[C@@H](CC(N)=O)C(=O)N[C@@H](CO)C(=O)N[C@@H](CO)C(=O)O.O=C(O)C(F)(F)F. The Bertz CT molecular complexity index is 2790. The zero-order valence-electron chi connectivity index (χ0n) is 52.3. The second-order valence-electron chi connectivity index (χ2n) is 22.2. The molecule has 1 heterocycles. The molecule has 0 aromatic rings. The molecule has 0 spiro atoms. The molecule has 0 saturated carbocycles. The number of carboxylic acid groups (broad SMARTS) is 4. The summed E-state index contributed by atoms with van der Waals surface area (Å²) in [5.74, 6) is -21.9. The van der Waals surface area contributed by atoms with Gasteiger partial charge in [-0.2, -0.15) is 13.2 Å². The van der Waals surface area contributed by atoms with Gasteiger partial charge in [0.15, 0.2) is 5.96 Å². The number of alkyl halides is 3. The first-order valence-corrected chi connectivity index (χ1v) is 29.2. The molecule has 1 aliphatic rings. The van der Waals surface area contributed by atoms with Crippen molar-refractivity contribution < 1.29 is 125 Å². The number of carboxylic acids is 4. The Morgan fingerprint density at radius 2 is 0.853 bits per heavy atom. The highest BCUT2D eigenvalue weighted by atomic mass is 19.4. The lowest BCUT2D eigenvalue weighted by molar-refractivity contribution is -0.192. The average molecular weight is 1370 g/mol. The first-order valence-electron chi connectivity index (χ1n) is 29.2. The number of hydrogen-bond acceptors (Lipinski definition) is 20. The predicted octanol–water partition coefficient (Wildman–Crippen LogP) is -8.15. The summed E-state index contributed by atoms with van der Waals surface area (Å²) >= 11 is 0. The summed E-state index contributed by atoms with van der Waals surface area (Å²) in [7, 11) is 0. The number of aliphatic imine (C=N–C) groups is 1. The van der Waals surface area contributed by atoms with Gasteiger partial charge in [-0.3, -0.25) is 76.9 Å². The number of nitrogens with zero attached hydrogens (tertiary/aromatic N) is 1. The molecule has 0 bridgehead atoms. The highest BCUT2D eigenvalue weighted by Gasteiger charge is 2.39. The van der Waals surface area contributed by atoms with Crippen LogP contribution in [0.25, 0.3) is 0 Å². The van der Waals surface area contributed by atoms with E-state index in [1.165, 1.54) is 6.92 Å². The minimum absolute atomic E-state index is 0.00114. The number of aliphatic hydroxyl groups is 2. The average Bonchev–Trinajstić information content (AvgIpc) is 1.40. The third kappa shape index (κ3) is 35.0. The number of rotatable bonds is 42. The van der Waals surface area contributed by atoms with E-state index in [4.69, 9.17) is 37.9 Å². The number of halogens is 3. The molecule has 1 saturated heterocycles. The van der Waals surface area contributed by atoms with Crippen LogP contribution in [0.2, 0.25) is 0 Å². The van der Waals surface area contributed by atoms with Gasteiger partial charge in [0.05, 0.1) is 19.6 Å². The van der Waals surface area contributed by atoms with Crippen LogP contribution in [-0.2, 0) is 81.5 Å². The molecule has 1 aliphatic heterocycles. The van der Waals surface area contributed by atoms with E-state index >= 15 is 0 Å². The van der Waals surface area contributed by atoms with E-state index in [1.807, 2.05) is 10.6 Å². The summed E-state index contributed by atoms with van der Waals surface area (Å²) < 4.78 is 31.7. The Morgan fingerprint density at radius 3 is 1.23 bits per heavy atom. The molecular formula is C53H85F3N16O23. The van der Waals surface area contributed by atoms with Gasteiger partial charge in [0.2, 0.25) is 76.8 Å². The number of hydrogen-bond donors (Lipinski definition) is 21. The van der Waals surface area contributed by atoms with Crippen molar-refractivity contribution in [2.45, 2.75) is 191 Å². The highest BCUT2D eigenvalue weighted by molar-refractivity contribution is 6.00. The minimum Gasteiger partial charge on any atom is -0.481 e. The second kappa shape index (κ2) is 42.2. The molecule has 39 nitrogen and oxygen atoms in total. The number of guanidine groups is 1. The molecule has 13 amide bonds. The molecule has 42 heteroatoms. The second-order valence-corrected chi connectivity index (χ2v) is 22.2. The van der Waals surface area contributed by atoms with Gasteiger partial charge in [0.1, 0.15) is 66.5 Å². The lowest BCUT2D eigenvalue weighted by Gasteiger charge is -2.28. The summed E-state index contributed by atoms with van der Waals surface area (Å²) in [6.07, 6.45) is -10.1. The molecule has 0 aromatic heterocycles. The molecular weight excluding hydrogens is 1290 g/mol. The summed E-state index contributed by atoms with van der Waals surface area (Å²) in [6.45, 7) is 5.41. The van der Waals surface area contributed by atoms with Crippen LogP contribution in [0.1, 0.15) is 118 Å². The van der Waals surface area contributed by atoms with E-state index < -0.39 is 237 Å². The van der Waals surface area contributed by atoms with Crippen LogP contribution in [0.15, 0.2) is 4.99 Å². The van der Waals surface area contributed by atoms with Crippen molar-refractivity contribution in [3.8, 4) is 0 Å². The van der Waals surface area contributed by atoms with Crippen molar-refractivity contribution in [3.05, 3.63) is 0 Å². The quantitative estimate of drug-likeness (QED) is 0.0153. The molecule has 25 N–H and O–H groups in total. The van der Waals surface area contributed by atoms with E-state index in [1.54, 1.807) is 27.7 Å². The molecule has 0 unspecified atom stereocenters. The Balaban J connectivity index is 0.0000119. The summed E-state index contributed by atoms with van der Waals surface area (Å²) in [6, 6.07) is -18.0. The Morgan fingerprint density at radius 1 is 0.495 bits per heavy atom. The van der Waals surface area contributed by atoms with Crippen molar-refractivity contribution in [3.63, 3.8) is 0 Å². The first-order chi connectivity index (χ1) is 44.0. The lowest BCUT2D eigenvalue weighted by Crippen LogP contribution is -2.61. The van der Waals surface area contributed by atoms with Gasteiger partial charge in [-0.25, -0.2) is 9.59 Å². The zero-order chi connectivity index (χ0) is 73.2. The third-order valence-corrected chi connectivity index (χ3v) is 13.1. The van der Waals surface area contributed by atoms with Gasteiger partial charge in [-0.15, -0.1) is 0 Å². The number of carbonyl (C=O) groups excluding carboxylic acids is 13. The fraction of sp³-hybridized carbons (Fsp3) is 0.660. The van der Waals surface area contributed by atoms with E-state index in [-0.39, 0.29) is 56.9 Å². The Kier molecular flexibility index (Phi) is 37.8. The van der Waals surface area contributed by atoms with Crippen LogP contribution in [0.5, 0.6) is 0 Å². The third-order valence-electron chi connectivity index (χ3n) is 13.1. The van der Waals surface area contributed by atoms with Gasteiger partial charge in [-0.1, -0.05) is 27.7 Å². The minimum atomic E-state index is -5.08. The van der Waals surface area contributed by atoms with Crippen LogP contribution in [-0.4, -0.2) is 230 Å². The number of amides is 13. The van der Waals surface area contributed by atoms with Crippen molar-refractivity contribution in [2.24, 2.45) is 39.8 Å². The molecule has 0 aliphatic carbocycles. The molecule has 1 fully saturated rings. The molecule has 0 aromatic carbocycles. The van der Waals surface area contributed by atoms with Crippen LogP contribution in [0, 0.1) is 11.8 Å². The van der Waals surface area contributed by atoms with Crippen molar-refractivity contribution in [1.29, 1.82) is 0 Å². The van der Waals surface area contributed by atoms with Crippen LogP contribution in [0.4, 0.5) is 13.2 Å². The summed E-state index contributed by atoms with van der Waals surface area (Å²) in [5.41, 5.74) is 21.6. The summed E-state index contributed by atoms with van der Waals surface area (Å²) in [4.78, 5) is 220. The first kappa shape index (κ1) is 85.0. The van der Waals surface area contributed by atoms with Crippen LogP contribution >= 0.6 is 0 Å². The van der Waals surface area contributed by atoms with Crippen molar-refractivity contribution >= 4 is 107 Å². The largest absolute Gasteiger partial charge is 0.490 e. The lowest BCUT2D eigenvalue weighted by atomic mass is 10.0. The van der Waals surface area contributed by atoms with E-state index in [0.717, 1.165) is 0 Å². The highest BCUT2D eigenvalue weighted by Crippen LogP contribution is 2.15. The topological polar surface area (TPSA) is 660 Å². The summed E-state index contributed by atoms with van der Waals surface area (Å²) in [5, 5.41) is 79.7. The molecule has 95 heavy (non-hydrogen) atoms. The van der Waals surface area contributed by atoms with Crippen LogP contribution < -0.4 is 81.4 Å². The van der Waals surface area contributed by atoms with E-state index in [0.29, 0.717) is 0 Å². The maximum absolute atomic E-state index is 14.2. The molecule has 536 valence electrons. The number of carbonyl (C=O) groups is 17. The number of primary amides is 2. The standard InChI is InChI=1S/C51H84N16O21.C2HF3O2/c1-22(2)17-30(47(84)65-32(19-36(53)71)48(85)66-33(20-68)49(86)67-34(21-69)50(87)88)63-40(77)24(5)57-41(78)25(7-6-16-56-51(54)55)59-43(80)29(11-15-39(75)76)62-46(83)31(18-23(3)4)64-45(82)27(8-12-35(52)70)60-44(81)28(10-14-38(73)74)61-42(79)26-9-13-37(72)58-26;3-2(4,5)1(6)7/h22-34,68-69H,6-21H2,1-5H3,(H2,52,70)(H2,53,71)(H,57,78)(H,58,72)(H,59,80)(H,60,81)(H,61,79)(H,62,83)(H,63,77)(H,64,82)(H,65,84)(H,66,85)(H,67,86)(H,73,74)(H,75,76)(H,87,88)(H4,54,55,56);(H,6,7)/t24-,25-,26-,27-,28-,29-,30-,31-,32-,33-,34-;/m0./s1. The normalized spacial score (nSPS) is 15.7. The fourth-order valence-electron chi connectivity index (χ4n) is 8.26. The van der Waals surface area contributed by atoms with Gasteiger partial charge < -0.3 is 112 Å². The van der Waals surface area contributed by atoms with E-state index in [9.17, 15) is 110 Å². The smallest absolute Gasteiger partial charge is 0.481 e. The van der Waals surface area contributed by atoms with Crippen molar-refractivity contribution in [1.82, 2.24) is 58.5 Å². The number of nitrogens with two attached hydrogens (primary N) is 4. The monoisotopic (exact) mass is 1370 g/mol. The molecule has 0 radical (unpaired) electrons. The number of nitrogens with one attached hydrogen (secondary N) is 11. The van der Waals surface area contributed by atoms with Crippen molar-refractivity contribution in [2.75, 3.05) is 19.8 Å².